The fraction of sp³-hybridized carbons (Fsp3) is 0.375. The van der Waals surface area contributed by atoms with E-state index in [0.717, 1.165) is 21.9 Å². The van der Waals surface area contributed by atoms with E-state index in [0.29, 0.717) is 6.42 Å². The van der Waals surface area contributed by atoms with Crippen LogP contribution < -0.4 is 5.32 Å². The highest BCUT2D eigenvalue weighted by atomic mass is 19.4. The van der Waals surface area contributed by atoms with Crippen LogP contribution in [0.4, 0.5) is 13.2 Å². The Bertz CT molecular complexity index is 770. The zero-order valence-corrected chi connectivity index (χ0v) is 12.8. The maximum Gasteiger partial charge on any atom is 0.435 e. The number of aryl methyl sites for hydroxylation is 1. The summed E-state index contributed by atoms with van der Waals surface area (Å²) in [5.41, 5.74) is 0.927. The van der Waals surface area contributed by atoms with Gasteiger partial charge in [0.25, 0.3) is 0 Å². The van der Waals surface area contributed by atoms with Crippen molar-refractivity contribution in [1.29, 1.82) is 0 Å². The number of aromatic nitrogens is 2. The second kappa shape index (κ2) is 5.94. The Balaban J connectivity index is 1.66. The molecule has 8 heteroatoms. The van der Waals surface area contributed by atoms with Gasteiger partial charge in [-0.05, 0) is 30.5 Å². The van der Waals surface area contributed by atoms with Crippen molar-refractivity contribution in [3.8, 4) is 0 Å². The molecule has 2 aromatic rings. The zero-order valence-electron chi connectivity index (χ0n) is 12.8. The lowest BCUT2D eigenvalue weighted by atomic mass is 10.1. The Morgan fingerprint density at radius 3 is 2.75 bits per heavy atom. The predicted octanol–water partition coefficient (Wildman–Crippen LogP) is 1.98. The Morgan fingerprint density at radius 1 is 1.42 bits per heavy atom. The van der Waals surface area contributed by atoms with Crippen molar-refractivity contribution in [3.05, 3.63) is 52.8 Å². The monoisotopic (exact) mass is 339 g/mol. The average molecular weight is 339 g/mol. The van der Waals surface area contributed by atoms with E-state index in [-0.39, 0.29) is 12.2 Å². The average Bonchev–Trinajstić information content (AvgIpc) is 3.01. The Morgan fingerprint density at radius 2 is 2.12 bits per heavy atom. The first kappa shape index (κ1) is 16.5. The van der Waals surface area contributed by atoms with Crippen LogP contribution in [-0.4, -0.2) is 26.8 Å². The van der Waals surface area contributed by atoms with E-state index in [4.69, 9.17) is 0 Å². The van der Waals surface area contributed by atoms with E-state index in [9.17, 15) is 23.1 Å². The first-order valence-corrected chi connectivity index (χ1v) is 7.42. The van der Waals surface area contributed by atoms with E-state index in [1.807, 2.05) is 12.1 Å². The van der Waals surface area contributed by atoms with Crippen molar-refractivity contribution >= 4 is 5.91 Å². The van der Waals surface area contributed by atoms with Gasteiger partial charge >= 0.3 is 6.18 Å². The van der Waals surface area contributed by atoms with Crippen LogP contribution in [0.15, 0.2) is 30.3 Å². The number of amides is 1. The van der Waals surface area contributed by atoms with Crippen molar-refractivity contribution in [2.45, 2.75) is 38.2 Å². The normalized spacial score (nSPS) is 20.0. The molecular weight excluding hydrogens is 323 g/mol. The number of fused-ring (bicyclic) bond motifs is 1. The summed E-state index contributed by atoms with van der Waals surface area (Å²) < 4.78 is 38.9. The van der Waals surface area contributed by atoms with Crippen molar-refractivity contribution in [2.24, 2.45) is 0 Å². The van der Waals surface area contributed by atoms with Crippen LogP contribution >= 0.6 is 0 Å². The predicted molar refractivity (Wildman–Crippen MR) is 79.0 cm³/mol. The van der Waals surface area contributed by atoms with Crippen LogP contribution in [0.25, 0.3) is 0 Å². The topological polar surface area (TPSA) is 67.2 Å². The standard InChI is InChI=1S/C16H16F3N3O2/c1-9-6-13(16(17,18)19)21-22(9)8-14(23)20-12-7-10-4-2-3-5-11(10)15(12)24/h2-6,12,15,24H,7-8H2,1H3,(H,20,23)/t12-,15-/m1/s1. The molecule has 1 aliphatic carbocycles. The molecule has 0 aliphatic heterocycles. The quantitative estimate of drug-likeness (QED) is 0.899. The molecule has 0 saturated heterocycles. The zero-order chi connectivity index (χ0) is 17.5. The van der Waals surface area contributed by atoms with E-state index in [2.05, 4.69) is 10.4 Å². The molecule has 128 valence electrons. The van der Waals surface area contributed by atoms with Gasteiger partial charge in [0.1, 0.15) is 6.54 Å². The van der Waals surface area contributed by atoms with Crippen LogP contribution in [0.3, 0.4) is 0 Å². The Kier molecular flexibility index (Phi) is 4.08. The Labute approximate surface area is 136 Å². The molecule has 2 N–H and O–H groups in total. The van der Waals surface area contributed by atoms with Gasteiger partial charge in [0.05, 0.1) is 12.1 Å². The van der Waals surface area contributed by atoms with Gasteiger partial charge in [-0.2, -0.15) is 18.3 Å². The summed E-state index contributed by atoms with van der Waals surface area (Å²) >= 11 is 0. The number of nitrogens with zero attached hydrogens (tertiary/aromatic N) is 2. The number of benzene rings is 1. The van der Waals surface area contributed by atoms with E-state index >= 15 is 0 Å². The molecular formula is C16H16F3N3O2. The SMILES string of the molecule is Cc1cc(C(F)(F)F)nn1CC(=O)N[C@@H]1Cc2ccccc2[C@H]1O. The van der Waals surface area contributed by atoms with Crippen LogP contribution in [0.5, 0.6) is 0 Å². The lowest BCUT2D eigenvalue weighted by Gasteiger charge is -2.17. The van der Waals surface area contributed by atoms with Gasteiger partial charge in [0.15, 0.2) is 5.69 Å². The van der Waals surface area contributed by atoms with Crippen LogP contribution in [0, 0.1) is 6.92 Å². The minimum absolute atomic E-state index is 0.243. The summed E-state index contributed by atoms with van der Waals surface area (Å²) in [7, 11) is 0. The summed E-state index contributed by atoms with van der Waals surface area (Å²) in [6.45, 7) is 1.12. The number of alkyl halides is 3. The number of rotatable bonds is 3. The maximum atomic E-state index is 12.6. The summed E-state index contributed by atoms with van der Waals surface area (Å²) in [5.74, 6) is -0.494. The van der Waals surface area contributed by atoms with E-state index in [1.54, 1.807) is 12.1 Å². The summed E-state index contributed by atoms with van der Waals surface area (Å²) in [6, 6.07) is 7.72. The van der Waals surface area contributed by atoms with Gasteiger partial charge in [-0.1, -0.05) is 24.3 Å². The molecule has 1 amide bonds. The molecule has 1 heterocycles. The van der Waals surface area contributed by atoms with Crippen LogP contribution in [-0.2, 0) is 23.9 Å². The lowest BCUT2D eigenvalue weighted by Crippen LogP contribution is -2.39. The van der Waals surface area contributed by atoms with Gasteiger partial charge in [0, 0.05) is 5.69 Å². The van der Waals surface area contributed by atoms with Gasteiger partial charge in [0.2, 0.25) is 5.91 Å². The van der Waals surface area contributed by atoms with Crippen molar-refractivity contribution in [1.82, 2.24) is 15.1 Å². The third-order valence-electron chi connectivity index (χ3n) is 4.11. The molecule has 2 atom stereocenters. The molecule has 0 bridgehead atoms. The number of nitrogens with one attached hydrogen (secondary N) is 1. The first-order valence-electron chi connectivity index (χ1n) is 7.42. The molecule has 0 spiro atoms. The van der Waals surface area contributed by atoms with E-state index in [1.165, 1.54) is 6.92 Å². The lowest BCUT2D eigenvalue weighted by molar-refractivity contribution is -0.141. The maximum absolute atomic E-state index is 12.6. The highest BCUT2D eigenvalue weighted by Gasteiger charge is 2.35. The molecule has 5 nitrogen and oxygen atoms in total. The minimum Gasteiger partial charge on any atom is -0.386 e. The van der Waals surface area contributed by atoms with Crippen molar-refractivity contribution in [2.75, 3.05) is 0 Å². The number of aliphatic hydroxyl groups excluding tert-OH is 1. The number of hydrogen-bond acceptors (Lipinski definition) is 3. The summed E-state index contributed by atoms with van der Waals surface area (Å²) in [5, 5.41) is 16.3. The van der Waals surface area contributed by atoms with Crippen LogP contribution in [0.2, 0.25) is 0 Å². The van der Waals surface area contributed by atoms with Gasteiger partial charge in [-0.25, -0.2) is 0 Å². The number of carbonyl (C=O) groups is 1. The summed E-state index contributed by atoms with van der Waals surface area (Å²) in [4.78, 5) is 12.1. The third kappa shape index (κ3) is 3.14. The minimum atomic E-state index is -4.55. The van der Waals surface area contributed by atoms with E-state index < -0.39 is 29.9 Å². The first-order chi connectivity index (χ1) is 11.3. The molecule has 3 rings (SSSR count). The molecule has 0 radical (unpaired) electrons. The molecule has 0 saturated carbocycles. The smallest absolute Gasteiger partial charge is 0.386 e. The second-order valence-corrected chi connectivity index (χ2v) is 5.85. The number of halogens is 3. The highest BCUT2D eigenvalue weighted by Crippen LogP contribution is 2.31. The van der Waals surface area contributed by atoms with Gasteiger partial charge < -0.3 is 10.4 Å². The number of aliphatic hydroxyl groups is 1. The van der Waals surface area contributed by atoms with Crippen molar-refractivity contribution in [3.63, 3.8) is 0 Å². The van der Waals surface area contributed by atoms with Crippen molar-refractivity contribution < 1.29 is 23.1 Å². The largest absolute Gasteiger partial charge is 0.435 e. The van der Waals surface area contributed by atoms with Gasteiger partial charge in [-0.3, -0.25) is 9.48 Å². The fourth-order valence-electron chi connectivity index (χ4n) is 2.90. The molecule has 1 aliphatic rings. The number of carbonyl (C=O) groups excluding carboxylic acids is 1. The molecule has 1 aromatic carbocycles. The Hall–Kier alpha value is -2.35. The van der Waals surface area contributed by atoms with Gasteiger partial charge in [-0.15, -0.1) is 0 Å². The molecule has 24 heavy (non-hydrogen) atoms. The highest BCUT2D eigenvalue weighted by molar-refractivity contribution is 5.76. The van der Waals surface area contributed by atoms with Crippen LogP contribution in [0.1, 0.15) is 28.6 Å². The fourth-order valence-corrected chi connectivity index (χ4v) is 2.90. The summed E-state index contributed by atoms with van der Waals surface area (Å²) in [6.07, 6.45) is -4.89. The third-order valence-corrected chi connectivity index (χ3v) is 4.11. The number of hydrogen-bond donors (Lipinski definition) is 2. The molecule has 1 aromatic heterocycles. The molecule has 0 unspecified atom stereocenters. The second-order valence-electron chi connectivity index (χ2n) is 5.85. The molecule has 0 fully saturated rings.